The molecule has 0 spiro atoms. The van der Waals surface area contributed by atoms with Crippen molar-refractivity contribution < 1.29 is 0 Å². The summed E-state index contributed by atoms with van der Waals surface area (Å²) in [5, 5.41) is 0. The maximum Gasteiger partial charge on any atom is 0.251 e. The number of hydrogen-bond donors (Lipinski definition) is 1. The molecule has 0 aliphatic rings. The monoisotopic (exact) mass is 338 g/mol. The molecule has 0 saturated carbocycles. The van der Waals surface area contributed by atoms with E-state index in [0.717, 1.165) is 16.7 Å². The van der Waals surface area contributed by atoms with Crippen LogP contribution >= 0.6 is 15.9 Å². The van der Waals surface area contributed by atoms with Gasteiger partial charge in [0.05, 0.1) is 6.04 Å². The van der Waals surface area contributed by atoms with Crippen molar-refractivity contribution in [3.8, 4) is 0 Å². The average molecular weight is 339 g/mol. The lowest BCUT2D eigenvalue weighted by molar-refractivity contribution is 0.238. The van der Waals surface area contributed by atoms with Gasteiger partial charge in [-0.15, -0.1) is 0 Å². The van der Waals surface area contributed by atoms with E-state index in [9.17, 15) is 4.79 Å². The van der Waals surface area contributed by atoms with Gasteiger partial charge in [-0.2, -0.15) is 0 Å². The smallest absolute Gasteiger partial charge is 0.251 e. The minimum absolute atomic E-state index is 0.0382. The van der Waals surface area contributed by atoms with E-state index in [4.69, 9.17) is 0 Å². The van der Waals surface area contributed by atoms with Crippen LogP contribution < -0.4 is 5.56 Å². The number of nitrogens with zero attached hydrogens (tertiary/aromatic N) is 3. The van der Waals surface area contributed by atoms with Crippen molar-refractivity contribution in [2.45, 2.75) is 26.4 Å². The Bertz CT molecular complexity index is 661. The van der Waals surface area contributed by atoms with Crippen LogP contribution in [0.4, 0.5) is 0 Å². The summed E-state index contributed by atoms with van der Waals surface area (Å²) in [4.78, 5) is 20.9. The van der Waals surface area contributed by atoms with Gasteiger partial charge in [-0.3, -0.25) is 9.69 Å². The molecule has 2 heterocycles. The third-order valence-electron chi connectivity index (χ3n) is 3.43. The molecule has 6 heteroatoms. The second kappa shape index (κ2) is 5.93. The number of aryl methyl sites for hydroxylation is 2. The standard InChI is InChI=1S/C14H19BrN4O/c1-9-5-13(20)17-14(16-9)10(2)18(3)8-12-6-11(15)7-19(12)4/h5-7,10H,8H2,1-4H3,(H,16,17,20)/t10-/m1/s1. The van der Waals surface area contributed by atoms with Crippen LogP contribution in [-0.2, 0) is 13.6 Å². The largest absolute Gasteiger partial charge is 0.352 e. The second-order valence-electron chi connectivity index (χ2n) is 5.12. The maximum atomic E-state index is 11.5. The van der Waals surface area contributed by atoms with E-state index in [1.165, 1.54) is 11.8 Å². The van der Waals surface area contributed by atoms with Crippen LogP contribution in [0.25, 0.3) is 0 Å². The fourth-order valence-electron chi connectivity index (χ4n) is 2.12. The molecule has 0 radical (unpaired) electrons. The van der Waals surface area contributed by atoms with Gasteiger partial charge < -0.3 is 9.55 Å². The van der Waals surface area contributed by atoms with Gasteiger partial charge in [0.25, 0.3) is 5.56 Å². The molecule has 1 atom stereocenters. The van der Waals surface area contributed by atoms with Crippen LogP contribution in [0.1, 0.15) is 30.2 Å². The second-order valence-corrected chi connectivity index (χ2v) is 6.04. The van der Waals surface area contributed by atoms with E-state index >= 15 is 0 Å². The van der Waals surface area contributed by atoms with Gasteiger partial charge in [0.2, 0.25) is 0 Å². The summed E-state index contributed by atoms with van der Waals surface area (Å²) in [7, 11) is 4.04. The van der Waals surface area contributed by atoms with Crippen molar-refractivity contribution in [3.05, 3.63) is 50.4 Å². The average Bonchev–Trinajstić information content (AvgIpc) is 2.65. The van der Waals surface area contributed by atoms with E-state index in [0.29, 0.717) is 5.82 Å². The van der Waals surface area contributed by atoms with Gasteiger partial charge in [-0.25, -0.2) is 4.98 Å². The fraction of sp³-hybridized carbons (Fsp3) is 0.429. The third kappa shape index (κ3) is 3.37. The topological polar surface area (TPSA) is 53.9 Å². The molecule has 1 N–H and O–H groups in total. The lowest BCUT2D eigenvalue weighted by Crippen LogP contribution is -2.26. The summed E-state index contributed by atoms with van der Waals surface area (Å²) in [6.45, 7) is 4.65. The molecule has 2 aromatic heterocycles. The number of aromatic nitrogens is 3. The number of hydrogen-bond acceptors (Lipinski definition) is 3. The Morgan fingerprint density at radius 2 is 2.20 bits per heavy atom. The molecule has 0 bridgehead atoms. The molecule has 108 valence electrons. The predicted octanol–water partition coefficient (Wildman–Crippen LogP) is 2.37. The first-order chi connectivity index (χ1) is 9.36. The summed E-state index contributed by atoms with van der Waals surface area (Å²) in [6.07, 6.45) is 2.03. The molecule has 0 unspecified atom stereocenters. The van der Waals surface area contributed by atoms with Gasteiger partial charge in [-0.05, 0) is 42.9 Å². The molecule has 0 amide bonds. The molecule has 0 aromatic carbocycles. The molecule has 0 aliphatic heterocycles. The van der Waals surface area contributed by atoms with Gasteiger partial charge in [0.15, 0.2) is 0 Å². The zero-order valence-corrected chi connectivity index (χ0v) is 13.7. The highest BCUT2D eigenvalue weighted by Crippen LogP contribution is 2.19. The third-order valence-corrected chi connectivity index (χ3v) is 3.86. The number of halogens is 1. The highest BCUT2D eigenvalue weighted by atomic mass is 79.9. The number of aromatic amines is 1. The lowest BCUT2D eigenvalue weighted by atomic mass is 10.2. The first-order valence-corrected chi connectivity index (χ1v) is 7.25. The van der Waals surface area contributed by atoms with Crippen molar-refractivity contribution in [2.24, 2.45) is 7.05 Å². The molecular weight excluding hydrogens is 320 g/mol. The SMILES string of the molecule is Cc1cc(=O)[nH]c([C@@H](C)N(C)Cc2cc(Br)cn2C)n1. The first-order valence-electron chi connectivity index (χ1n) is 6.45. The Morgan fingerprint density at radius 3 is 2.75 bits per heavy atom. The molecule has 0 aliphatic carbocycles. The molecule has 2 aromatic rings. The quantitative estimate of drug-likeness (QED) is 0.931. The van der Waals surface area contributed by atoms with Crippen LogP contribution in [0.15, 0.2) is 27.6 Å². The van der Waals surface area contributed by atoms with Crippen LogP contribution in [0.3, 0.4) is 0 Å². The van der Waals surface area contributed by atoms with Gasteiger partial charge >= 0.3 is 0 Å². The van der Waals surface area contributed by atoms with Crippen molar-refractivity contribution in [1.29, 1.82) is 0 Å². The molecule has 5 nitrogen and oxygen atoms in total. The molecule has 20 heavy (non-hydrogen) atoms. The highest BCUT2D eigenvalue weighted by Gasteiger charge is 2.16. The minimum Gasteiger partial charge on any atom is -0.352 e. The van der Waals surface area contributed by atoms with Gasteiger partial charge in [-0.1, -0.05) is 0 Å². The van der Waals surface area contributed by atoms with Crippen LogP contribution in [0, 0.1) is 6.92 Å². The van der Waals surface area contributed by atoms with Crippen molar-refractivity contribution in [1.82, 2.24) is 19.4 Å². The minimum atomic E-state index is -0.102. The molecular formula is C14H19BrN4O. The summed E-state index contributed by atoms with van der Waals surface area (Å²) in [5.41, 5.74) is 1.83. The summed E-state index contributed by atoms with van der Waals surface area (Å²) >= 11 is 3.47. The zero-order chi connectivity index (χ0) is 14.9. The first kappa shape index (κ1) is 15.0. The summed E-state index contributed by atoms with van der Waals surface area (Å²) in [5.74, 6) is 0.700. The van der Waals surface area contributed by atoms with Crippen molar-refractivity contribution >= 4 is 15.9 Å². The Balaban J connectivity index is 2.18. The van der Waals surface area contributed by atoms with Crippen LogP contribution in [0.5, 0.6) is 0 Å². The van der Waals surface area contributed by atoms with Crippen molar-refractivity contribution in [2.75, 3.05) is 7.05 Å². The van der Waals surface area contributed by atoms with Crippen molar-refractivity contribution in [3.63, 3.8) is 0 Å². The maximum absolute atomic E-state index is 11.5. The van der Waals surface area contributed by atoms with Gasteiger partial charge in [0, 0.05) is 41.7 Å². The van der Waals surface area contributed by atoms with E-state index in [1.54, 1.807) is 0 Å². The summed E-state index contributed by atoms with van der Waals surface area (Å²) in [6, 6.07) is 3.64. The molecule has 0 saturated heterocycles. The Morgan fingerprint density at radius 1 is 1.50 bits per heavy atom. The Hall–Kier alpha value is -1.40. The lowest BCUT2D eigenvalue weighted by Gasteiger charge is -2.24. The number of rotatable bonds is 4. The Kier molecular flexibility index (Phi) is 4.45. The number of H-pyrrole nitrogens is 1. The zero-order valence-electron chi connectivity index (χ0n) is 12.1. The van der Waals surface area contributed by atoms with E-state index in [-0.39, 0.29) is 11.6 Å². The van der Waals surface area contributed by atoms with E-state index < -0.39 is 0 Å². The fourth-order valence-corrected chi connectivity index (χ4v) is 2.70. The predicted molar refractivity (Wildman–Crippen MR) is 82.6 cm³/mol. The van der Waals surface area contributed by atoms with E-state index in [2.05, 4.69) is 41.4 Å². The van der Waals surface area contributed by atoms with Gasteiger partial charge in [0.1, 0.15) is 5.82 Å². The van der Waals surface area contributed by atoms with Crippen LogP contribution in [-0.4, -0.2) is 26.5 Å². The molecule has 0 fully saturated rings. The number of nitrogens with one attached hydrogen (secondary N) is 1. The molecule has 2 rings (SSSR count). The summed E-state index contributed by atoms with van der Waals surface area (Å²) < 4.78 is 3.15. The van der Waals surface area contributed by atoms with E-state index in [1.807, 2.05) is 34.1 Å². The normalized spacial score (nSPS) is 12.9. The highest BCUT2D eigenvalue weighted by molar-refractivity contribution is 9.10. The van der Waals surface area contributed by atoms with Crippen LogP contribution in [0.2, 0.25) is 0 Å². The Labute approximate surface area is 126 Å².